The average Bonchev–Trinajstić information content (AvgIpc) is 2.70. The first-order valence-electron chi connectivity index (χ1n) is 5.78. The van der Waals surface area contributed by atoms with Crippen molar-refractivity contribution >= 4 is 5.97 Å². The minimum atomic E-state index is -1.51. The number of hydrogen-bond donors (Lipinski definition) is 3. The number of aliphatic hydroxyl groups excluding tert-OH is 1. The number of nitrogens with zero attached hydrogens (tertiary/aromatic N) is 1. The number of rotatable bonds is 3. The number of carboxylic acid groups (broad SMARTS) is 1. The van der Waals surface area contributed by atoms with Crippen LogP contribution in [-0.4, -0.2) is 51.2 Å². The van der Waals surface area contributed by atoms with Gasteiger partial charge in [-0.2, -0.15) is 0 Å². The van der Waals surface area contributed by atoms with E-state index >= 15 is 0 Å². The van der Waals surface area contributed by atoms with Gasteiger partial charge in [0.05, 0.1) is 0 Å². The van der Waals surface area contributed by atoms with E-state index in [0.717, 1.165) is 4.57 Å². The fourth-order valence-electron chi connectivity index (χ4n) is 2.11. The van der Waals surface area contributed by atoms with Crippen LogP contribution in [0, 0.1) is 6.92 Å². The normalized spacial score (nSPS) is 29.6. The minimum absolute atomic E-state index is 0.247. The number of carboxylic acids is 1. The standard InChI is InChI=1S/C11H14N2O7/c1-4-3-13(11(18)12-8(4)15)9-6(19-2)5(14)7(20-9)10(16)17/h3,5-7,9,14H,1-2H3,(H,16,17)(H,12,15,18)/t5-,6+,7-,9+/m0/s1. The van der Waals surface area contributed by atoms with Crippen molar-refractivity contribution in [1.29, 1.82) is 0 Å². The Kier molecular flexibility index (Phi) is 3.75. The van der Waals surface area contributed by atoms with Gasteiger partial charge in [0, 0.05) is 18.9 Å². The molecule has 1 aliphatic rings. The Bertz CT molecular complexity index is 634. The van der Waals surface area contributed by atoms with Crippen LogP contribution in [0.2, 0.25) is 0 Å². The molecule has 0 bridgehead atoms. The lowest BCUT2D eigenvalue weighted by molar-refractivity contribution is -0.155. The van der Waals surface area contributed by atoms with Crippen molar-refractivity contribution in [3.63, 3.8) is 0 Å². The van der Waals surface area contributed by atoms with E-state index in [-0.39, 0.29) is 5.56 Å². The molecule has 9 heteroatoms. The van der Waals surface area contributed by atoms with Gasteiger partial charge in [0.15, 0.2) is 12.3 Å². The van der Waals surface area contributed by atoms with E-state index in [1.165, 1.54) is 20.2 Å². The molecule has 110 valence electrons. The molecule has 2 rings (SSSR count). The molecule has 0 spiro atoms. The van der Waals surface area contributed by atoms with Crippen LogP contribution in [0.1, 0.15) is 11.8 Å². The fourth-order valence-corrected chi connectivity index (χ4v) is 2.11. The molecule has 0 aliphatic carbocycles. The maximum absolute atomic E-state index is 11.8. The summed E-state index contributed by atoms with van der Waals surface area (Å²) in [6.07, 6.45) is -3.89. The predicted molar refractivity (Wildman–Crippen MR) is 64.4 cm³/mol. The predicted octanol–water partition coefficient (Wildman–Crippen LogP) is -1.80. The van der Waals surface area contributed by atoms with Crippen LogP contribution < -0.4 is 11.2 Å². The maximum atomic E-state index is 11.8. The van der Waals surface area contributed by atoms with E-state index in [9.17, 15) is 19.5 Å². The smallest absolute Gasteiger partial charge is 0.335 e. The fraction of sp³-hybridized carbons (Fsp3) is 0.545. The molecule has 1 aromatic rings. The van der Waals surface area contributed by atoms with Crippen LogP contribution in [0.25, 0.3) is 0 Å². The van der Waals surface area contributed by atoms with Crippen LogP contribution in [0.3, 0.4) is 0 Å². The van der Waals surface area contributed by atoms with Gasteiger partial charge in [-0.25, -0.2) is 9.59 Å². The number of ether oxygens (including phenoxy) is 2. The molecule has 1 aliphatic heterocycles. The highest BCUT2D eigenvalue weighted by Gasteiger charge is 2.49. The monoisotopic (exact) mass is 286 g/mol. The Balaban J connectivity index is 2.47. The van der Waals surface area contributed by atoms with Gasteiger partial charge in [-0.05, 0) is 6.92 Å². The number of aryl methyl sites for hydroxylation is 1. The summed E-state index contributed by atoms with van der Waals surface area (Å²) in [6, 6.07) is 0. The number of carbonyl (C=O) groups is 1. The van der Waals surface area contributed by atoms with E-state index in [4.69, 9.17) is 14.6 Å². The molecule has 0 unspecified atom stereocenters. The first-order valence-corrected chi connectivity index (χ1v) is 5.78. The van der Waals surface area contributed by atoms with Crippen LogP contribution in [0.4, 0.5) is 0 Å². The second-order valence-electron chi connectivity index (χ2n) is 4.46. The number of aliphatic hydroxyl groups is 1. The number of H-pyrrole nitrogens is 1. The lowest BCUT2D eigenvalue weighted by Gasteiger charge is -2.20. The van der Waals surface area contributed by atoms with Crippen molar-refractivity contribution in [2.24, 2.45) is 0 Å². The lowest BCUT2D eigenvalue weighted by atomic mass is 10.1. The van der Waals surface area contributed by atoms with Gasteiger partial charge >= 0.3 is 11.7 Å². The third-order valence-electron chi connectivity index (χ3n) is 3.15. The molecule has 0 radical (unpaired) electrons. The van der Waals surface area contributed by atoms with E-state index in [1.54, 1.807) is 0 Å². The number of methoxy groups -OCH3 is 1. The maximum Gasteiger partial charge on any atom is 0.335 e. The zero-order valence-corrected chi connectivity index (χ0v) is 10.8. The molecular formula is C11H14N2O7. The van der Waals surface area contributed by atoms with Crippen LogP contribution >= 0.6 is 0 Å². The number of aliphatic carboxylic acids is 1. The summed E-state index contributed by atoms with van der Waals surface area (Å²) in [5.74, 6) is -1.36. The topological polar surface area (TPSA) is 131 Å². The van der Waals surface area contributed by atoms with Crippen molar-refractivity contribution < 1.29 is 24.5 Å². The zero-order valence-electron chi connectivity index (χ0n) is 10.8. The van der Waals surface area contributed by atoms with Gasteiger partial charge in [-0.3, -0.25) is 14.3 Å². The first-order chi connectivity index (χ1) is 9.36. The molecule has 1 fully saturated rings. The van der Waals surface area contributed by atoms with Crippen molar-refractivity contribution in [3.8, 4) is 0 Å². The van der Waals surface area contributed by atoms with Crippen LogP contribution in [0.15, 0.2) is 15.8 Å². The van der Waals surface area contributed by atoms with Crippen molar-refractivity contribution in [2.75, 3.05) is 7.11 Å². The third kappa shape index (κ3) is 2.26. The van der Waals surface area contributed by atoms with Crippen LogP contribution in [-0.2, 0) is 14.3 Å². The molecule has 1 saturated heterocycles. The summed E-state index contributed by atoms with van der Waals surface area (Å²) in [4.78, 5) is 36.1. The molecule has 0 amide bonds. The van der Waals surface area contributed by atoms with E-state index in [2.05, 4.69) is 4.98 Å². The average molecular weight is 286 g/mol. The van der Waals surface area contributed by atoms with Gasteiger partial charge in [-0.15, -0.1) is 0 Å². The van der Waals surface area contributed by atoms with Gasteiger partial charge < -0.3 is 19.7 Å². The molecule has 0 aromatic carbocycles. The lowest BCUT2D eigenvalue weighted by Crippen LogP contribution is -2.39. The number of nitrogens with one attached hydrogen (secondary N) is 1. The molecule has 3 N–H and O–H groups in total. The molecule has 2 heterocycles. The molecule has 1 aromatic heterocycles. The Morgan fingerprint density at radius 2 is 2.15 bits per heavy atom. The summed E-state index contributed by atoms with van der Waals surface area (Å²) in [5, 5.41) is 18.8. The highest BCUT2D eigenvalue weighted by molar-refractivity contribution is 5.73. The highest BCUT2D eigenvalue weighted by atomic mass is 16.6. The van der Waals surface area contributed by atoms with Crippen molar-refractivity contribution in [2.45, 2.75) is 31.5 Å². The Morgan fingerprint density at radius 1 is 1.50 bits per heavy atom. The molecule has 4 atom stereocenters. The van der Waals surface area contributed by atoms with Gasteiger partial charge in [0.25, 0.3) is 5.56 Å². The summed E-state index contributed by atoms with van der Waals surface area (Å²) in [6.45, 7) is 1.48. The van der Waals surface area contributed by atoms with Crippen LogP contribution in [0.5, 0.6) is 0 Å². The Hall–Kier alpha value is -1.97. The largest absolute Gasteiger partial charge is 0.479 e. The second-order valence-corrected chi connectivity index (χ2v) is 4.46. The number of hydrogen-bond acceptors (Lipinski definition) is 6. The van der Waals surface area contributed by atoms with Gasteiger partial charge in [0.2, 0.25) is 0 Å². The highest BCUT2D eigenvalue weighted by Crippen LogP contribution is 2.30. The Morgan fingerprint density at radius 3 is 2.70 bits per heavy atom. The van der Waals surface area contributed by atoms with Gasteiger partial charge in [-0.1, -0.05) is 0 Å². The first kappa shape index (κ1) is 14.4. The van der Waals surface area contributed by atoms with Gasteiger partial charge in [0.1, 0.15) is 12.2 Å². The third-order valence-corrected chi connectivity index (χ3v) is 3.15. The molecule has 9 nitrogen and oxygen atoms in total. The minimum Gasteiger partial charge on any atom is -0.479 e. The van der Waals surface area contributed by atoms with E-state index < -0.39 is 41.8 Å². The molecular weight excluding hydrogens is 272 g/mol. The number of aromatic amines is 1. The molecule has 20 heavy (non-hydrogen) atoms. The van der Waals surface area contributed by atoms with Crippen molar-refractivity contribution in [1.82, 2.24) is 9.55 Å². The summed E-state index contributed by atoms with van der Waals surface area (Å²) in [7, 11) is 1.26. The zero-order chi connectivity index (χ0) is 15.0. The SMILES string of the molecule is CO[C@@H]1[C@H](O)[C@@H](C(=O)O)O[C@H]1n1cc(C)c(=O)[nH]c1=O. The quantitative estimate of drug-likeness (QED) is 0.597. The second kappa shape index (κ2) is 5.19. The van der Waals surface area contributed by atoms with E-state index in [1.807, 2.05) is 0 Å². The molecule has 0 saturated carbocycles. The number of aromatic nitrogens is 2. The summed E-state index contributed by atoms with van der Waals surface area (Å²) < 4.78 is 11.2. The summed E-state index contributed by atoms with van der Waals surface area (Å²) in [5.41, 5.74) is -1.07. The van der Waals surface area contributed by atoms with E-state index in [0.29, 0.717) is 0 Å². The summed E-state index contributed by atoms with van der Waals surface area (Å²) >= 11 is 0. The Labute approximate surface area is 112 Å². The van der Waals surface area contributed by atoms with Crippen molar-refractivity contribution in [3.05, 3.63) is 32.6 Å².